The highest BCUT2D eigenvalue weighted by molar-refractivity contribution is 7.47. The molecule has 0 bridgehead atoms. The lowest BCUT2D eigenvalue weighted by atomic mass is 10.1. The number of carboxylic acids is 1. The summed E-state index contributed by atoms with van der Waals surface area (Å²) in [5.74, 6) is -1.87. The molecular formula is C37H64NO9P. The summed E-state index contributed by atoms with van der Waals surface area (Å²) in [5.41, 5.74) is 5.32. The Labute approximate surface area is 290 Å². The molecule has 0 aliphatic heterocycles. The maximum atomic E-state index is 12.5. The number of esters is 1. The zero-order valence-electron chi connectivity index (χ0n) is 29.6. The summed E-state index contributed by atoms with van der Waals surface area (Å²) in [6.07, 6.45) is 37.2. The minimum atomic E-state index is -4.63. The van der Waals surface area contributed by atoms with Crippen LogP contribution in [0.1, 0.15) is 123 Å². The molecule has 0 fully saturated rings. The summed E-state index contributed by atoms with van der Waals surface area (Å²) in [5, 5.41) is 8.85. The third-order valence-corrected chi connectivity index (χ3v) is 8.00. The van der Waals surface area contributed by atoms with Crippen molar-refractivity contribution in [3.8, 4) is 0 Å². The second-order valence-corrected chi connectivity index (χ2v) is 13.1. The fraction of sp³-hybridized carbons (Fsp3) is 0.676. The van der Waals surface area contributed by atoms with E-state index in [4.69, 9.17) is 24.8 Å². The minimum absolute atomic E-state index is 0.0189. The van der Waals surface area contributed by atoms with Crippen molar-refractivity contribution >= 4 is 19.8 Å². The number of rotatable bonds is 33. The largest absolute Gasteiger partial charge is 0.480 e. The molecule has 0 radical (unpaired) electrons. The monoisotopic (exact) mass is 697 g/mol. The van der Waals surface area contributed by atoms with E-state index in [1.807, 2.05) is 12.2 Å². The van der Waals surface area contributed by atoms with Crippen molar-refractivity contribution in [3.05, 3.63) is 60.8 Å². The van der Waals surface area contributed by atoms with Crippen molar-refractivity contribution in [2.75, 3.05) is 26.4 Å². The van der Waals surface area contributed by atoms with Gasteiger partial charge in [-0.1, -0.05) is 113 Å². The van der Waals surface area contributed by atoms with Crippen molar-refractivity contribution in [3.63, 3.8) is 0 Å². The Morgan fingerprint density at radius 2 is 1.21 bits per heavy atom. The molecule has 0 aromatic rings. The summed E-state index contributed by atoms with van der Waals surface area (Å²) >= 11 is 0. The van der Waals surface area contributed by atoms with Gasteiger partial charge in [0.1, 0.15) is 12.1 Å². The molecule has 0 spiro atoms. The van der Waals surface area contributed by atoms with E-state index in [2.05, 4.69) is 67.0 Å². The maximum Gasteiger partial charge on any atom is 0.472 e. The minimum Gasteiger partial charge on any atom is -0.480 e. The number of unbranched alkanes of at least 4 members (excludes halogenated alkanes) is 9. The first-order valence-electron chi connectivity index (χ1n) is 17.8. The van der Waals surface area contributed by atoms with Crippen molar-refractivity contribution in [2.45, 2.75) is 135 Å². The fourth-order valence-electron chi connectivity index (χ4n) is 4.26. The predicted octanol–water partition coefficient (Wildman–Crippen LogP) is 8.91. The summed E-state index contributed by atoms with van der Waals surface area (Å²) < 4.78 is 33.0. The Balaban J connectivity index is 4.48. The highest BCUT2D eigenvalue weighted by Gasteiger charge is 2.27. The van der Waals surface area contributed by atoms with Gasteiger partial charge in [-0.2, -0.15) is 0 Å². The summed E-state index contributed by atoms with van der Waals surface area (Å²) in [6.45, 7) is 3.60. The van der Waals surface area contributed by atoms with Gasteiger partial charge in [-0.15, -0.1) is 0 Å². The number of phosphoric ester groups is 1. The molecule has 0 aromatic carbocycles. The summed E-state index contributed by atoms with van der Waals surface area (Å²) in [6, 6.07) is -1.48. The van der Waals surface area contributed by atoms with E-state index in [0.29, 0.717) is 13.0 Å². The third kappa shape index (κ3) is 32.2. The molecule has 4 N–H and O–H groups in total. The van der Waals surface area contributed by atoms with Crippen molar-refractivity contribution in [2.24, 2.45) is 5.73 Å². The number of hydrogen-bond donors (Lipinski definition) is 3. The molecule has 276 valence electrons. The first-order valence-corrected chi connectivity index (χ1v) is 19.3. The van der Waals surface area contributed by atoms with Crippen molar-refractivity contribution < 1.29 is 42.7 Å². The first kappa shape index (κ1) is 45.7. The van der Waals surface area contributed by atoms with Gasteiger partial charge in [-0.25, -0.2) is 4.57 Å². The van der Waals surface area contributed by atoms with Crippen molar-refractivity contribution in [1.29, 1.82) is 0 Å². The van der Waals surface area contributed by atoms with Crippen LogP contribution in [0.3, 0.4) is 0 Å². The number of carbonyl (C=O) groups is 2. The molecule has 0 aliphatic carbocycles. The van der Waals surface area contributed by atoms with E-state index in [9.17, 15) is 19.0 Å². The lowest BCUT2D eigenvalue weighted by Crippen LogP contribution is -2.34. The van der Waals surface area contributed by atoms with Gasteiger partial charge in [0, 0.05) is 13.0 Å². The van der Waals surface area contributed by atoms with Crippen LogP contribution in [0.4, 0.5) is 0 Å². The second kappa shape index (κ2) is 33.2. The third-order valence-electron chi connectivity index (χ3n) is 7.04. The topological polar surface area (TPSA) is 155 Å². The maximum absolute atomic E-state index is 12.5. The molecule has 0 aliphatic rings. The number of carbonyl (C=O) groups excluding carboxylic acids is 1. The highest BCUT2D eigenvalue weighted by Crippen LogP contribution is 2.43. The van der Waals surface area contributed by atoms with Gasteiger partial charge in [0.25, 0.3) is 0 Å². The van der Waals surface area contributed by atoms with E-state index in [1.54, 1.807) is 0 Å². The zero-order chi connectivity index (χ0) is 35.6. The van der Waals surface area contributed by atoms with Crippen LogP contribution in [0, 0.1) is 0 Å². The summed E-state index contributed by atoms with van der Waals surface area (Å²) in [7, 11) is -4.63. The van der Waals surface area contributed by atoms with Gasteiger partial charge in [0.2, 0.25) is 0 Å². The SMILES string of the molecule is CC/C=C\C/C=C\C/C=C\C/C=C\CCC(=O)OC(COCCCCCCCC/C=C\CCCCC)COP(=O)(O)OCC(N)C(=O)O. The van der Waals surface area contributed by atoms with Gasteiger partial charge < -0.3 is 25.2 Å². The van der Waals surface area contributed by atoms with Crippen LogP contribution in [0.5, 0.6) is 0 Å². The molecular weight excluding hydrogens is 633 g/mol. The van der Waals surface area contributed by atoms with Gasteiger partial charge in [-0.05, 0) is 64.2 Å². The average Bonchev–Trinajstić information content (AvgIpc) is 3.06. The first-order chi connectivity index (χ1) is 23.2. The highest BCUT2D eigenvalue weighted by atomic mass is 31.2. The Bertz CT molecular complexity index is 993. The fourth-order valence-corrected chi connectivity index (χ4v) is 5.03. The molecule has 3 unspecified atom stereocenters. The van der Waals surface area contributed by atoms with Gasteiger partial charge in [0.15, 0.2) is 0 Å². The molecule has 11 heteroatoms. The molecule has 48 heavy (non-hydrogen) atoms. The predicted molar refractivity (Wildman–Crippen MR) is 194 cm³/mol. The zero-order valence-corrected chi connectivity index (χ0v) is 30.4. The smallest absolute Gasteiger partial charge is 0.472 e. The Hall–Kier alpha value is -2.33. The van der Waals surface area contributed by atoms with E-state index in [-0.39, 0.29) is 13.0 Å². The number of hydrogen-bond acceptors (Lipinski definition) is 8. The van der Waals surface area contributed by atoms with Crippen LogP contribution in [-0.4, -0.2) is 60.5 Å². The number of aliphatic carboxylic acids is 1. The van der Waals surface area contributed by atoms with Crippen LogP contribution >= 0.6 is 7.82 Å². The number of allylic oxidation sites excluding steroid dienone is 10. The Morgan fingerprint density at radius 1 is 0.688 bits per heavy atom. The molecule has 0 rings (SSSR count). The van der Waals surface area contributed by atoms with Crippen LogP contribution < -0.4 is 5.73 Å². The van der Waals surface area contributed by atoms with Gasteiger partial charge >= 0.3 is 19.8 Å². The van der Waals surface area contributed by atoms with Crippen LogP contribution in [0.15, 0.2) is 60.8 Å². The molecule has 3 atom stereocenters. The van der Waals surface area contributed by atoms with Crippen molar-refractivity contribution in [1.82, 2.24) is 0 Å². The average molecular weight is 698 g/mol. The molecule has 0 saturated carbocycles. The van der Waals surface area contributed by atoms with Crippen LogP contribution in [0.25, 0.3) is 0 Å². The number of ether oxygens (including phenoxy) is 2. The van der Waals surface area contributed by atoms with E-state index >= 15 is 0 Å². The number of phosphoric acid groups is 1. The standard InChI is InChI=1S/C37H64NO9P/c1-3-5-7-9-11-13-15-17-19-21-23-25-27-29-36(39)47-34(32-45-48(42,43)46-33-35(38)37(40)41)31-44-30-28-26-24-22-20-18-16-14-12-10-8-6-4-2/h5,7,11-14,17,19,23,25,34-35H,3-4,6,8-10,15-16,18,20-22,24,26-33,38H2,1-2H3,(H,40,41)(H,42,43)/b7-5-,13-11-,14-12-,19-17-,25-23-. The number of carboxylic acid groups (broad SMARTS) is 1. The normalized spacial score (nSPS) is 14.9. The lowest BCUT2D eigenvalue weighted by molar-refractivity contribution is -0.154. The molecule has 0 amide bonds. The quantitative estimate of drug-likeness (QED) is 0.0262. The number of nitrogens with two attached hydrogens (primary N) is 1. The van der Waals surface area contributed by atoms with Crippen LogP contribution in [-0.2, 0) is 32.7 Å². The second-order valence-electron chi connectivity index (χ2n) is 11.6. The van der Waals surface area contributed by atoms with Gasteiger partial charge in [-0.3, -0.25) is 18.6 Å². The molecule has 0 heterocycles. The van der Waals surface area contributed by atoms with Gasteiger partial charge in [0.05, 0.1) is 19.8 Å². The van der Waals surface area contributed by atoms with Crippen LogP contribution in [0.2, 0.25) is 0 Å². The lowest BCUT2D eigenvalue weighted by Gasteiger charge is -2.20. The summed E-state index contributed by atoms with van der Waals surface area (Å²) in [4.78, 5) is 33.3. The molecule has 0 saturated heterocycles. The van der Waals surface area contributed by atoms with E-state index in [1.165, 1.54) is 44.9 Å². The Kier molecular flexibility index (Phi) is 31.6. The van der Waals surface area contributed by atoms with E-state index < -0.39 is 45.1 Å². The Morgan fingerprint density at radius 3 is 1.81 bits per heavy atom. The molecule has 10 nitrogen and oxygen atoms in total. The van der Waals surface area contributed by atoms with E-state index in [0.717, 1.165) is 51.4 Å². The molecule has 0 aromatic heterocycles.